The highest BCUT2D eigenvalue weighted by Crippen LogP contribution is 2.50. The maximum Gasteiger partial charge on any atom is -0.00489 e. The first-order valence-corrected chi connectivity index (χ1v) is 6.09. The summed E-state index contributed by atoms with van der Waals surface area (Å²) in [5, 5.41) is 0. The lowest BCUT2D eigenvalue weighted by Crippen LogP contribution is -2.12. The predicted octanol–water partition coefficient (Wildman–Crippen LogP) is 4.43. The van der Waals surface area contributed by atoms with Gasteiger partial charge in [-0.25, -0.2) is 0 Å². The van der Waals surface area contributed by atoms with Crippen LogP contribution < -0.4 is 0 Å². The van der Waals surface area contributed by atoms with Crippen LogP contribution >= 0.6 is 0 Å². The molecule has 0 saturated heterocycles. The molecule has 0 aliphatic heterocycles. The van der Waals surface area contributed by atoms with Gasteiger partial charge in [-0.15, -0.1) is 0 Å². The van der Waals surface area contributed by atoms with Gasteiger partial charge in [0.15, 0.2) is 0 Å². The maximum absolute atomic E-state index is 2.34. The Morgan fingerprint density at radius 1 is 1.07 bits per heavy atom. The molecular formula is C15H22. The first kappa shape index (κ1) is 10.7. The van der Waals surface area contributed by atoms with Gasteiger partial charge in [0.25, 0.3) is 0 Å². The van der Waals surface area contributed by atoms with Crippen LogP contribution in [0.2, 0.25) is 0 Å². The van der Waals surface area contributed by atoms with Gasteiger partial charge in [-0.05, 0) is 41.2 Å². The summed E-state index contributed by atoms with van der Waals surface area (Å²) >= 11 is 0. The van der Waals surface area contributed by atoms with Crippen LogP contribution in [0.3, 0.4) is 0 Å². The van der Waals surface area contributed by atoms with Crippen molar-refractivity contribution in [2.24, 2.45) is 0 Å². The highest BCUT2D eigenvalue weighted by molar-refractivity contribution is 5.35. The van der Waals surface area contributed by atoms with Crippen molar-refractivity contribution in [1.29, 1.82) is 0 Å². The zero-order valence-electron chi connectivity index (χ0n) is 10.4. The minimum absolute atomic E-state index is 0.279. The molecule has 1 fully saturated rings. The summed E-state index contributed by atoms with van der Waals surface area (Å²) in [5.74, 6) is 0. The van der Waals surface area contributed by atoms with Gasteiger partial charge in [0.1, 0.15) is 0 Å². The van der Waals surface area contributed by atoms with E-state index in [-0.39, 0.29) is 5.41 Å². The molecule has 0 aromatic heterocycles. The molecule has 0 heterocycles. The quantitative estimate of drug-likeness (QED) is 0.665. The Kier molecular flexibility index (Phi) is 2.41. The molecule has 0 heteroatoms. The Bertz CT molecular complexity index is 333. The summed E-state index contributed by atoms with van der Waals surface area (Å²) < 4.78 is 0. The second kappa shape index (κ2) is 3.37. The molecule has 0 bridgehead atoms. The van der Waals surface area contributed by atoms with Crippen LogP contribution in [0.1, 0.15) is 58.1 Å². The monoisotopic (exact) mass is 202 g/mol. The van der Waals surface area contributed by atoms with Gasteiger partial charge >= 0.3 is 0 Å². The smallest absolute Gasteiger partial charge is 0.00489 e. The predicted molar refractivity (Wildman–Crippen MR) is 66.3 cm³/mol. The van der Waals surface area contributed by atoms with E-state index < -0.39 is 0 Å². The summed E-state index contributed by atoms with van der Waals surface area (Å²) in [7, 11) is 0. The van der Waals surface area contributed by atoms with Gasteiger partial charge in [0, 0.05) is 0 Å². The van der Waals surface area contributed by atoms with Crippen molar-refractivity contribution < 1.29 is 0 Å². The topological polar surface area (TPSA) is 0 Å². The van der Waals surface area contributed by atoms with Gasteiger partial charge < -0.3 is 0 Å². The molecule has 2 rings (SSSR count). The lowest BCUT2D eigenvalue weighted by molar-refractivity contribution is 0.588. The van der Waals surface area contributed by atoms with Crippen LogP contribution in [-0.4, -0.2) is 0 Å². The summed E-state index contributed by atoms with van der Waals surface area (Å²) in [6.45, 7) is 9.13. The molecule has 1 aliphatic rings. The second-order valence-corrected chi connectivity index (χ2v) is 5.96. The Hall–Kier alpha value is -0.780. The molecule has 0 radical (unpaired) electrons. The van der Waals surface area contributed by atoms with Crippen LogP contribution in [0.15, 0.2) is 24.3 Å². The van der Waals surface area contributed by atoms with E-state index >= 15 is 0 Å². The third-order valence-corrected chi connectivity index (χ3v) is 3.89. The van der Waals surface area contributed by atoms with E-state index in [2.05, 4.69) is 52.0 Å². The van der Waals surface area contributed by atoms with E-state index in [9.17, 15) is 0 Å². The molecule has 1 aliphatic carbocycles. The molecule has 0 atom stereocenters. The molecule has 0 spiro atoms. The Balaban J connectivity index is 2.25. The van der Waals surface area contributed by atoms with Crippen molar-refractivity contribution in [3.8, 4) is 0 Å². The van der Waals surface area contributed by atoms with Gasteiger partial charge in [-0.2, -0.15) is 0 Å². The van der Waals surface area contributed by atoms with Crippen LogP contribution in [-0.2, 0) is 10.8 Å². The molecule has 0 nitrogen and oxygen atoms in total. The SMILES string of the molecule is CCC1(c2ccc(C(C)(C)C)cc2)CC1. The van der Waals surface area contributed by atoms with E-state index in [1.807, 2.05) is 0 Å². The minimum atomic E-state index is 0.279. The normalized spacial score (nSPS) is 18.9. The Morgan fingerprint density at radius 2 is 1.60 bits per heavy atom. The average molecular weight is 202 g/mol. The van der Waals surface area contributed by atoms with Gasteiger partial charge in [0.2, 0.25) is 0 Å². The van der Waals surface area contributed by atoms with Crippen LogP contribution in [0.4, 0.5) is 0 Å². The van der Waals surface area contributed by atoms with E-state index in [1.54, 1.807) is 5.56 Å². The lowest BCUT2D eigenvalue weighted by atomic mass is 9.84. The van der Waals surface area contributed by atoms with Gasteiger partial charge in [-0.1, -0.05) is 52.0 Å². The van der Waals surface area contributed by atoms with E-state index in [0.29, 0.717) is 5.41 Å². The number of hydrogen-bond donors (Lipinski definition) is 0. The third kappa shape index (κ3) is 1.95. The standard InChI is InChI=1S/C15H22/c1-5-15(10-11-15)13-8-6-12(7-9-13)14(2,3)4/h6-9H,5,10-11H2,1-4H3. The molecule has 0 amide bonds. The molecule has 1 aromatic carbocycles. The zero-order chi connectivity index (χ0) is 11.1. The summed E-state index contributed by atoms with van der Waals surface area (Å²) in [6, 6.07) is 9.31. The number of hydrogen-bond acceptors (Lipinski definition) is 0. The van der Waals surface area contributed by atoms with Crippen LogP contribution in [0, 0.1) is 0 Å². The first-order valence-electron chi connectivity index (χ1n) is 6.09. The van der Waals surface area contributed by atoms with Crippen molar-refractivity contribution in [1.82, 2.24) is 0 Å². The fourth-order valence-electron chi connectivity index (χ4n) is 2.32. The second-order valence-electron chi connectivity index (χ2n) is 5.96. The summed E-state index contributed by atoms with van der Waals surface area (Å²) in [4.78, 5) is 0. The lowest BCUT2D eigenvalue weighted by Gasteiger charge is -2.20. The Labute approximate surface area is 93.7 Å². The molecule has 82 valence electrons. The first-order chi connectivity index (χ1) is 6.98. The number of rotatable bonds is 2. The third-order valence-electron chi connectivity index (χ3n) is 3.89. The van der Waals surface area contributed by atoms with E-state index in [0.717, 1.165) is 0 Å². The average Bonchev–Trinajstić information content (AvgIpc) is 2.97. The van der Waals surface area contributed by atoms with Crippen molar-refractivity contribution in [2.45, 2.75) is 57.8 Å². The largest absolute Gasteiger partial charge is 0.0645 e. The fraction of sp³-hybridized carbons (Fsp3) is 0.600. The van der Waals surface area contributed by atoms with Gasteiger partial charge in [-0.3, -0.25) is 0 Å². The minimum Gasteiger partial charge on any atom is -0.0645 e. The van der Waals surface area contributed by atoms with Crippen LogP contribution in [0.25, 0.3) is 0 Å². The Morgan fingerprint density at radius 3 is 1.93 bits per heavy atom. The van der Waals surface area contributed by atoms with Gasteiger partial charge in [0.05, 0.1) is 0 Å². The fourth-order valence-corrected chi connectivity index (χ4v) is 2.32. The van der Waals surface area contributed by atoms with E-state index in [4.69, 9.17) is 0 Å². The van der Waals surface area contributed by atoms with Crippen molar-refractivity contribution in [2.75, 3.05) is 0 Å². The van der Waals surface area contributed by atoms with Crippen LogP contribution in [0.5, 0.6) is 0 Å². The van der Waals surface area contributed by atoms with Crippen molar-refractivity contribution in [3.63, 3.8) is 0 Å². The molecule has 15 heavy (non-hydrogen) atoms. The number of benzene rings is 1. The molecule has 0 unspecified atom stereocenters. The highest BCUT2D eigenvalue weighted by atomic mass is 14.5. The highest BCUT2D eigenvalue weighted by Gasteiger charge is 2.42. The molecule has 0 N–H and O–H groups in total. The zero-order valence-corrected chi connectivity index (χ0v) is 10.4. The van der Waals surface area contributed by atoms with E-state index in [1.165, 1.54) is 24.8 Å². The summed E-state index contributed by atoms with van der Waals surface area (Å²) in [6.07, 6.45) is 4.07. The van der Waals surface area contributed by atoms with Crippen molar-refractivity contribution in [3.05, 3.63) is 35.4 Å². The van der Waals surface area contributed by atoms with Crippen molar-refractivity contribution >= 4 is 0 Å². The molecular weight excluding hydrogens is 180 g/mol. The maximum atomic E-state index is 2.34. The molecule has 1 aromatic rings. The molecule has 1 saturated carbocycles. The summed E-state index contributed by atoms with van der Waals surface area (Å²) in [5.41, 5.74) is 3.83.